The van der Waals surface area contributed by atoms with E-state index < -0.39 is 11.9 Å². The zero-order chi connectivity index (χ0) is 23.8. The number of aromatic nitrogens is 1. The molecule has 2 heterocycles. The molecule has 8 heteroatoms. The van der Waals surface area contributed by atoms with E-state index in [4.69, 9.17) is 18.6 Å². The Morgan fingerprint density at radius 1 is 1.00 bits per heavy atom. The lowest BCUT2D eigenvalue weighted by Gasteiger charge is -2.31. The minimum Gasteiger partial charge on any atom is -0.466 e. The van der Waals surface area contributed by atoms with E-state index in [0.717, 1.165) is 5.56 Å². The monoisotopic (exact) mass is 450 g/mol. The Balaban J connectivity index is 1.72. The Hall–Kier alpha value is -3.65. The van der Waals surface area contributed by atoms with E-state index in [1.807, 2.05) is 12.1 Å². The molecule has 0 N–H and O–H groups in total. The van der Waals surface area contributed by atoms with Crippen LogP contribution in [0, 0.1) is 0 Å². The SMILES string of the molecule is COC(=O)C1=C(C(=O)OC)N(c2ccc3oc(-c4ccc(C(C)(C)C)cc4)nc3c2)COC1. The molecular formula is C25H26N2O6. The molecule has 172 valence electrons. The summed E-state index contributed by atoms with van der Waals surface area (Å²) in [7, 11) is 2.51. The number of oxazole rings is 1. The van der Waals surface area contributed by atoms with Crippen LogP contribution in [0.25, 0.3) is 22.6 Å². The second-order valence-electron chi connectivity index (χ2n) is 8.71. The normalized spacial score (nSPS) is 14.5. The van der Waals surface area contributed by atoms with Crippen molar-refractivity contribution >= 4 is 28.7 Å². The van der Waals surface area contributed by atoms with Crippen molar-refractivity contribution in [1.82, 2.24) is 4.98 Å². The Labute approximate surface area is 191 Å². The highest BCUT2D eigenvalue weighted by Crippen LogP contribution is 2.32. The van der Waals surface area contributed by atoms with Gasteiger partial charge in [0.2, 0.25) is 5.89 Å². The number of esters is 2. The molecule has 0 atom stereocenters. The highest BCUT2D eigenvalue weighted by molar-refractivity contribution is 6.03. The Kier molecular flexibility index (Phi) is 5.95. The van der Waals surface area contributed by atoms with Gasteiger partial charge in [-0.05, 0) is 41.3 Å². The third-order valence-electron chi connectivity index (χ3n) is 5.51. The van der Waals surface area contributed by atoms with Gasteiger partial charge in [-0.15, -0.1) is 0 Å². The number of methoxy groups -OCH3 is 2. The zero-order valence-corrected chi connectivity index (χ0v) is 19.3. The van der Waals surface area contributed by atoms with E-state index in [9.17, 15) is 9.59 Å². The molecule has 0 unspecified atom stereocenters. The molecule has 0 fully saturated rings. The number of anilines is 1. The number of rotatable bonds is 4. The van der Waals surface area contributed by atoms with Gasteiger partial charge < -0.3 is 23.5 Å². The van der Waals surface area contributed by atoms with Gasteiger partial charge in [-0.3, -0.25) is 0 Å². The summed E-state index contributed by atoms with van der Waals surface area (Å²) in [5, 5.41) is 0. The summed E-state index contributed by atoms with van der Waals surface area (Å²) in [4.78, 5) is 30.9. The van der Waals surface area contributed by atoms with E-state index in [0.29, 0.717) is 22.7 Å². The summed E-state index contributed by atoms with van der Waals surface area (Å²) >= 11 is 0. The van der Waals surface area contributed by atoms with Gasteiger partial charge >= 0.3 is 11.9 Å². The first-order valence-corrected chi connectivity index (χ1v) is 10.5. The van der Waals surface area contributed by atoms with Gasteiger partial charge in [-0.2, -0.15) is 0 Å². The Morgan fingerprint density at radius 3 is 2.33 bits per heavy atom. The standard InChI is InChI=1S/C25H26N2O6/c1-25(2,3)16-8-6-15(7-9-16)22-26-19-12-17(10-11-20(19)33-22)27-14-32-13-18(23(28)30-4)21(27)24(29)31-5/h6-12H,13-14H2,1-5H3. The van der Waals surface area contributed by atoms with Gasteiger partial charge in [0.1, 0.15) is 17.9 Å². The van der Waals surface area contributed by atoms with Crippen molar-refractivity contribution in [3.63, 3.8) is 0 Å². The number of carbonyl (C=O) groups excluding carboxylic acids is 2. The van der Waals surface area contributed by atoms with E-state index >= 15 is 0 Å². The topological polar surface area (TPSA) is 91.1 Å². The summed E-state index contributed by atoms with van der Waals surface area (Å²) in [6, 6.07) is 13.4. The molecule has 0 aliphatic carbocycles. The molecule has 0 saturated carbocycles. The second-order valence-corrected chi connectivity index (χ2v) is 8.71. The highest BCUT2D eigenvalue weighted by atomic mass is 16.5. The number of fused-ring (bicyclic) bond motifs is 1. The molecule has 8 nitrogen and oxygen atoms in total. The van der Waals surface area contributed by atoms with Crippen LogP contribution in [0.1, 0.15) is 26.3 Å². The minimum absolute atomic E-state index is 0.0471. The summed E-state index contributed by atoms with van der Waals surface area (Å²) in [5.41, 5.74) is 4.13. The first-order chi connectivity index (χ1) is 15.7. The lowest BCUT2D eigenvalue weighted by atomic mass is 9.87. The second kappa shape index (κ2) is 8.71. The summed E-state index contributed by atoms with van der Waals surface area (Å²) in [5.74, 6) is -0.807. The molecule has 1 aliphatic heterocycles. The lowest BCUT2D eigenvalue weighted by Crippen LogP contribution is -2.38. The molecule has 2 aromatic carbocycles. The number of hydrogen-bond donors (Lipinski definition) is 0. The van der Waals surface area contributed by atoms with E-state index in [1.54, 1.807) is 23.1 Å². The predicted molar refractivity (Wildman–Crippen MR) is 123 cm³/mol. The fourth-order valence-corrected chi connectivity index (χ4v) is 3.67. The van der Waals surface area contributed by atoms with E-state index in [1.165, 1.54) is 19.8 Å². The third-order valence-corrected chi connectivity index (χ3v) is 5.51. The highest BCUT2D eigenvalue weighted by Gasteiger charge is 2.32. The minimum atomic E-state index is -0.654. The van der Waals surface area contributed by atoms with Gasteiger partial charge in [0.15, 0.2) is 5.58 Å². The molecule has 33 heavy (non-hydrogen) atoms. The van der Waals surface area contributed by atoms with Crippen molar-refractivity contribution in [3.8, 4) is 11.5 Å². The molecule has 0 saturated heterocycles. The average Bonchev–Trinajstić information content (AvgIpc) is 3.25. The molecule has 1 aliphatic rings. The maximum atomic E-state index is 12.5. The molecule has 3 aromatic rings. The van der Waals surface area contributed by atoms with Crippen molar-refractivity contribution in [3.05, 3.63) is 59.3 Å². The van der Waals surface area contributed by atoms with Crippen LogP contribution in [-0.2, 0) is 29.2 Å². The van der Waals surface area contributed by atoms with E-state index in [-0.39, 0.29) is 30.0 Å². The van der Waals surface area contributed by atoms with Crippen LogP contribution in [0.4, 0.5) is 5.69 Å². The number of nitrogens with zero attached hydrogens (tertiary/aromatic N) is 2. The van der Waals surface area contributed by atoms with Crippen LogP contribution in [0.5, 0.6) is 0 Å². The smallest absolute Gasteiger partial charge is 0.355 e. The quantitative estimate of drug-likeness (QED) is 0.547. The van der Waals surface area contributed by atoms with Crippen LogP contribution in [0.2, 0.25) is 0 Å². The zero-order valence-electron chi connectivity index (χ0n) is 19.3. The van der Waals surface area contributed by atoms with Crippen LogP contribution < -0.4 is 4.90 Å². The average molecular weight is 450 g/mol. The van der Waals surface area contributed by atoms with Crippen molar-refractivity contribution in [2.75, 3.05) is 32.5 Å². The maximum absolute atomic E-state index is 12.5. The maximum Gasteiger partial charge on any atom is 0.355 e. The lowest BCUT2D eigenvalue weighted by molar-refractivity contribution is -0.140. The number of ether oxygens (including phenoxy) is 3. The van der Waals surface area contributed by atoms with Crippen LogP contribution in [-0.4, -0.2) is 44.5 Å². The van der Waals surface area contributed by atoms with Gasteiger partial charge in [0.25, 0.3) is 0 Å². The molecule has 1 aromatic heterocycles. The fraction of sp³-hybridized carbons (Fsp3) is 0.320. The molecular weight excluding hydrogens is 424 g/mol. The molecule has 0 amide bonds. The van der Waals surface area contributed by atoms with Gasteiger partial charge in [-0.1, -0.05) is 32.9 Å². The number of carbonyl (C=O) groups is 2. The summed E-state index contributed by atoms with van der Waals surface area (Å²) in [6.45, 7) is 6.51. The Bertz CT molecular complexity index is 1230. The molecule has 0 spiro atoms. The predicted octanol–water partition coefficient (Wildman–Crippen LogP) is 4.19. The van der Waals surface area contributed by atoms with Gasteiger partial charge in [-0.25, -0.2) is 14.6 Å². The van der Waals surface area contributed by atoms with Crippen LogP contribution in [0.15, 0.2) is 58.2 Å². The number of benzene rings is 2. The van der Waals surface area contributed by atoms with Crippen molar-refractivity contribution in [2.45, 2.75) is 26.2 Å². The van der Waals surface area contributed by atoms with Crippen LogP contribution in [0.3, 0.4) is 0 Å². The third kappa shape index (κ3) is 4.34. The molecule has 4 rings (SSSR count). The molecule has 0 radical (unpaired) electrons. The van der Waals surface area contributed by atoms with Crippen molar-refractivity contribution in [1.29, 1.82) is 0 Å². The first kappa shape index (κ1) is 22.5. The number of hydrogen-bond acceptors (Lipinski definition) is 8. The van der Waals surface area contributed by atoms with Gasteiger partial charge in [0, 0.05) is 11.3 Å². The summed E-state index contributed by atoms with van der Waals surface area (Å²) < 4.78 is 21.2. The van der Waals surface area contributed by atoms with Crippen molar-refractivity contribution < 1.29 is 28.2 Å². The summed E-state index contributed by atoms with van der Waals surface area (Å²) in [6.07, 6.45) is 0. The largest absolute Gasteiger partial charge is 0.466 e. The first-order valence-electron chi connectivity index (χ1n) is 10.5. The van der Waals surface area contributed by atoms with Crippen molar-refractivity contribution in [2.24, 2.45) is 0 Å². The Morgan fingerprint density at radius 2 is 1.70 bits per heavy atom. The fourth-order valence-electron chi connectivity index (χ4n) is 3.67. The van der Waals surface area contributed by atoms with E-state index in [2.05, 4.69) is 37.9 Å². The van der Waals surface area contributed by atoms with Crippen LogP contribution >= 0.6 is 0 Å². The van der Waals surface area contributed by atoms with Gasteiger partial charge in [0.05, 0.1) is 26.4 Å². The molecule has 0 bridgehead atoms.